The molecule has 1 unspecified atom stereocenters. The van der Waals surface area contributed by atoms with Gasteiger partial charge >= 0.3 is 0 Å². The van der Waals surface area contributed by atoms with Crippen molar-refractivity contribution in [3.8, 4) is 0 Å². The van der Waals surface area contributed by atoms with Gasteiger partial charge in [-0.2, -0.15) is 0 Å². The number of aryl methyl sites for hydroxylation is 1. The van der Waals surface area contributed by atoms with Crippen LogP contribution in [0.25, 0.3) is 5.57 Å². The molecule has 0 amide bonds. The van der Waals surface area contributed by atoms with Gasteiger partial charge in [-0.25, -0.2) is 0 Å². The van der Waals surface area contributed by atoms with Gasteiger partial charge in [0, 0.05) is 4.90 Å². The van der Waals surface area contributed by atoms with E-state index in [0.717, 1.165) is 4.61 Å². The van der Waals surface area contributed by atoms with E-state index < -0.39 is 0 Å². The molecule has 0 saturated carbocycles. The Morgan fingerprint density at radius 3 is 2.48 bits per heavy atom. The maximum Gasteiger partial charge on any atom is 0.0896 e. The average molecular weight is 360 g/mol. The number of para-hydroxylation sites is 1. The summed E-state index contributed by atoms with van der Waals surface area (Å²) in [5, 5.41) is 0.400. The summed E-state index contributed by atoms with van der Waals surface area (Å²) in [6.45, 7) is 6.54. The lowest BCUT2D eigenvalue weighted by atomic mass is 10.1. The summed E-state index contributed by atoms with van der Waals surface area (Å²) in [5.74, 6) is 0. The number of fused-ring (bicyclic) bond motifs is 1. The lowest BCUT2D eigenvalue weighted by molar-refractivity contribution is 0.959. The molecule has 1 aliphatic rings. The van der Waals surface area contributed by atoms with Crippen LogP contribution < -0.4 is 4.90 Å². The third kappa shape index (κ3) is 2.77. The first kappa shape index (κ1) is 14.7. The number of thioether (sulfide) groups is 1. The quantitative estimate of drug-likeness (QED) is 0.601. The molecule has 0 radical (unpaired) electrons. The first-order valence-corrected chi connectivity index (χ1v) is 8.73. The van der Waals surface area contributed by atoms with Crippen LogP contribution in [0.15, 0.2) is 58.0 Å². The molecule has 0 fully saturated rings. The molecule has 0 saturated heterocycles. The second-order valence-corrected chi connectivity index (χ2v) is 7.45. The van der Waals surface area contributed by atoms with Gasteiger partial charge in [0.1, 0.15) is 0 Å². The highest BCUT2D eigenvalue weighted by Crippen LogP contribution is 2.47. The second-order valence-electron chi connectivity index (χ2n) is 5.34. The normalized spacial score (nSPS) is 18.5. The summed E-state index contributed by atoms with van der Waals surface area (Å²) in [4.78, 5) is 3.72. The van der Waals surface area contributed by atoms with Gasteiger partial charge < -0.3 is 4.90 Å². The zero-order valence-corrected chi connectivity index (χ0v) is 14.8. The van der Waals surface area contributed by atoms with Gasteiger partial charge in [-0.05, 0) is 60.0 Å². The predicted octanol–water partition coefficient (Wildman–Crippen LogP) is 6.04. The zero-order chi connectivity index (χ0) is 15.0. The van der Waals surface area contributed by atoms with Crippen molar-refractivity contribution in [1.82, 2.24) is 0 Å². The van der Waals surface area contributed by atoms with Gasteiger partial charge in [0.2, 0.25) is 0 Å². The van der Waals surface area contributed by atoms with Crippen LogP contribution in [-0.2, 0) is 0 Å². The summed E-state index contributed by atoms with van der Waals surface area (Å²) in [6, 6.07) is 17.3. The fraction of sp³-hybridized carbons (Fsp3) is 0.222. The summed E-state index contributed by atoms with van der Waals surface area (Å²) in [5.41, 5.74) is 5.10. The van der Waals surface area contributed by atoms with Crippen molar-refractivity contribution in [3.05, 3.63) is 64.3 Å². The summed E-state index contributed by atoms with van der Waals surface area (Å²) in [6.07, 6.45) is 0. The Hall–Kier alpha value is -1.19. The highest BCUT2D eigenvalue weighted by Gasteiger charge is 2.29. The molecule has 0 aromatic heterocycles. The van der Waals surface area contributed by atoms with Crippen LogP contribution in [0.2, 0.25) is 0 Å². The van der Waals surface area contributed by atoms with E-state index in [4.69, 9.17) is 0 Å². The van der Waals surface area contributed by atoms with Crippen molar-refractivity contribution in [2.24, 2.45) is 0 Å². The van der Waals surface area contributed by atoms with Crippen LogP contribution in [0.1, 0.15) is 25.0 Å². The largest absolute Gasteiger partial charge is 0.322 e. The average Bonchev–Trinajstić information content (AvgIpc) is 2.82. The van der Waals surface area contributed by atoms with E-state index in [1.54, 1.807) is 0 Å². The lowest BCUT2D eigenvalue weighted by Gasteiger charge is -2.25. The highest BCUT2D eigenvalue weighted by molar-refractivity contribution is 9.12. The van der Waals surface area contributed by atoms with Gasteiger partial charge in [-0.1, -0.05) is 53.7 Å². The molecule has 2 aromatic rings. The van der Waals surface area contributed by atoms with E-state index in [1.807, 2.05) is 11.8 Å². The smallest absolute Gasteiger partial charge is 0.0896 e. The van der Waals surface area contributed by atoms with Crippen LogP contribution in [-0.4, -0.2) is 5.37 Å². The molecule has 0 spiro atoms. The number of allylic oxidation sites excluding steroid dienone is 1. The Balaban J connectivity index is 2.03. The van der Waals surface area contributed by atoms with Crippen molar-refractivity contribution in [2.45, 2.75) is 31.0 Å². The Morgan fingerprint density at radius 1 is 1.10 bits per heavy atom. The molecule has 1 atom stereocenters. The number of benzene rings is 2. The Bertz CT molecular complexity index is 691. The van der Waals surface area contributed by atoms with Crippen LogP contribution in [0, 0.1) is 6.92 Å². The van der Waals surface area contributed by atoms with E-state index in [2.05, 4.69) is 90.1 Å². The minimum absolute atomic E-state index is 0.400. The minimum atomic E-state index is 0.400. The van der Waals surface area contributed by atoms with E-state index in [1.165, 1.54) is 27.3 Å². The summed E-state index contributed by atoms with van der Waals surface area (Å²) >= 11 is 5.73. The maximum absolute atomic E-state index is 3.83. The molecule has 0 bridgehead atoms. The molecule has 3 heteroatoms. The summed E-state index contributed by atoms with van der Waals surface area (Å²) < 4.78 is 1.15. The second kappa shape index (κ2) is 5.90. The topological polar surface area (TPSA) is 3.24 Å². The fourth-order valence-electron chi connectivity index (χ4n) is 2.56. The molecule has 3 rings (SSSR count). The number of halogens is 1. The number of hydrogen-bond donors (Lipinski definition) is 0. The molecule has 108 valence electrons. The molecule has 1 nitrogen and oxygen atoms in total. The lowest BCUT2D eigenvalue weighted by Crippen LogP contribution is -2.24. The predicted molar refractivity (Wildman–Crippen MR) is 96.9 cm³/mol. The molecule has 0 N–H and O–H groups in total. The number of nitrogens with zero attached hydrogens (tertiary/aromatic N) is 1. The minimum Gasteiger partial charge on any atom is -0.322 e. The first-order valence-electron chi connectivity index (χ1n) is 7.06. The zero-order valence-electron chi connectivity index (χ0n) is 12.4. The van der Waals surface area contributed by atoms with E-state index in [-0.39, 0.29) is 0 Å². The Morgan fingerprint density at radius 2 is 1.76 bits per heavy atom. The molecule has 1 heterocycles. The third-order valence-electron chi connectivity index (χ3n) is 3.79. The number of hydrogen-bond acceptors (Lipinski definition) is 2. The molecular weight excluding hydrogens is 342 g/mol. The molecule has 0 aliphatic carbocycles. The number of anilines is 1. The monoisotopic (exact) mass is 359 g/mol. The van der Waals surface area contributed by atoms with Gasteiger partial charge in [0.15, 0.2) is 0 Å². The molecule has 1 aliphatic heterocycles. The van der Waals surface area contributed by atoms with Crippen LogP contribution in [0.5, 0.6) is 0 Å². The maximum atomic E-state index is 3.83. The fourth-order valence-corrected chi connectivity index (χ4v) is 4.56. The number of rotatable bonds is 2. The van der Waals surface area contributed by atoms with Crippen LogP contribution in [0.4, 0.5) is 5.69 Å². The highest BCUT2D eigenvalue weighted by atomic mass is 79.9. The van der Waals surface area contributed by atoms with Gasteiger partial charge in [-0.3, -0.25) is 0 Å². The van der Waals surface area contributed by atoms with Crippen LogP contribution >= 0.6 is 27.7 Å². The standard InChI is InChI=1S/C18H18BrNS/c1-12-8-10-15(11-9-12)13(2)18(19)20-14(3)21-17-7-5-4-6-16(17)20/h4-11,14H,1-3H3/b18-13+. The Kier molecular flexibility index (Phi) is 4.14. The van der Waals surface area contributed by atoms with Crippen molar-refractivity contribution < 1.29 is 0 Å². The van der Waals surface area contributed by atoms with Crippen molar-refractivity contribution >= 4 is 39.0 Å². The van der Waals surface area contributed by atoms with Crippen molar-refractivity contribution in [1.29, 1.82) is 0 Å². The molecule has 21 heavy (non-hydrogen) atoms. The van der Waals surface area contributed by atoms with Gasteiger partial charge in [0.25, 0.3) is 0 Å². The first-order chi connectivity index (χ1) is 10.1. The van der Waals surface area contributed by atoms with Gasteiger partial charge in [-0.15, -0.1) is 0 Å². The SMILES string of the molecule is C/C(=C(/Br)N1c2ccccc2SC1C)c1ccc(C)cc1. The van der Waals surface area contributed by atoms with E-state index >= 15 is 0 Å². The molecular formula is C18H18BrNS. The van der Waals surface area contributed by atoms with Gasteiger partial charge in [0.05, 0.1) is 15.7 Å². The van der Waals surface area contributed by atoms with E-state index in [9.17, 15) is 0 Å². The third-order valence-corrected chi connectivity index (χ3v) is 5.92. The van der Waals surface area contributed by atoms with Crippen molar-refractivity contribution in [3.63, 3.8) is 0 Å². The van der Waals surface area contributed by atoms with Crippen LogP contribution in [0.3, 0.4) is 0 Å². The Labute approximate surface area is 139 Å². The molecule has 2 aromatic carbocycles. The van der Waals surface area contributed by atoms with E-state index in [0.29, 0.717) is 5.37 Å². The summed E-state index contributed by atoms with van der Waals surface area (Å²) in [7, 11) is 0. The van der Waals surface area contributed by atoms with Crippen molar-refractivity contribution in [2.75, 3.05) is 4.90 Å².